The zero-order valence-corrected chi connectivity index (χ0v) is 15.8. The highest BCUT2D eigenvalue weighted by molar-refractivity contribution is 7.88. The van der Waals surface area contributed by atoms with Crippen LogP contribution in [0.3, 0.4) is 0 Å². The van der Waals surface area contributed by atoms with Crippen LogP contribution in [0.1, 0.15) is 41.5 Å². The van der Waals surface area contributed by atoms with E-state index in [1.54, 1.807) is 28.6 Å². The van der Waals surface area contributed by atoms with Gasteiger partial charge in [-0.2, -0.15) is 5.26 Å². The van der Waals surface area contributed by atoms with E-state index in [2.05, 4.69) is 26.2 Å². The fraction of sp³-hybridized carbons (Fsp3) is 0.500. The highest BCUT2D eigenvalue weighted by atomic mass is 32.2. The van der Waals surface area contributed by atoms with E-state index in [4.69, 9.17) is 5.26 Å². The van der Waals surface area contributed by atoms with Crippen LogP contribution in [0.15, 0.2) is 24.3 Å². The molecule has 0 amide bonds. The highest BCUT2D eigenvalue weighted by Gasteiger charge is 2.31. The first-order chi connectivity index (χ1) is 13.1. The summed E-state index contributed by atoms with van der Waals surface area (Å²) in [7, 11) is -3.40. The smallest absolute Gasteiger partial charge is 0.218 e. The largest absolute Gasteiger partial charge is 0.312 e. The molecule has 0 bridgehead atoms. The second-order valence-corrected chi connectivity index (χ2v) is 9.01. The molecule has 4 rings (SSSR count). The number of sulfonamides is 1. The first-order valence-corrected chi connectivity index (χ1v) is 10.8. The molecule has 1 saturated heterocycles. The molecule has 1 aromatic heterocycles. The van der Waals surface area contributed by atoms with Gasteiger partial charge in [-0.3, -0.25) is 0 Å². The number of fused-ring (bicyclic) bond motifs is 1. The van der Waals surface area contributed by atoms with Crippen molar-refractivity contribution >= 4 is 10.0 Å². The minimum atomic E-state index is -3.40. The molecule has 2 aromatic rings. The van der Waals surface area contributed by atoms with E-state index in [-0.39, 0.29) is 11.7 Å². The van der Waals surface area contributed by atoms with Gasteiger partial charge in [0.05, 0.1) is 23.9 Å². The quantitative estimate of drug-likeness (QED) is 0.839. The third-order valence-electron chi connectivity index (χ3n) is 5.27. The van der Waals surface area contributed by atoms with Crippen LogP contribution in [0.25, 0.3) is 0 Å². The number of hydrogen-bond donors (Lipinski definition) is 1. The SMILES string of the molecule is N#Cc1cccc(CS(=O)(=O)N2CCC(c3nnc4n3CCNC4)CC2)c1. The summed E-state index contributed by atoms with van der Waals surface area (Å²) < 4.78 is 29.3. The molecule has 1 aromatic carbocycles. The maximum Gasteiger partial charge on any atom is 0.218 e. The average molecular weight is 386 g/mol. The normalized spacial score (nSPS) is 18.8. The lowest BCUT2D eigenvalue weighted by atomic mass is 9.97. The van der Waals surface area contributed by atoms with Gasteiger partial charge in [-0.05, 0) is 30.5 Å². The zero-order valence-electron chi connectivity index (χ0n) is 15.0. The van der Waals surface area contributed by atoms with Crippen molar-refractivity contribution in [1.29, 1.82) is 5.26 Å². The molecule has 1 fully saturated rings. The Morgan fingerprint density at radius 2 is 2.04 bits per heavy atom. The summed E-state index contributed by atoms with van der Waals surface area (Å²) in [5.74, 6) is 2.13. The molecule has 8 nitrogen and oxygen atoms in total. The number of nitriles is 1. The number of nitrogens with one attached hydrogen (secondary N) is 1. The maximum atomic E-state index is 12.8. The molecule has 0 aliphatic carbocycles. The number of aromatic nitrogens is 3. The average Bonchev–Trinajstić information content (AvgIpc) is 3.12. The Labute approximate surface area is 158 Å². The Morgan fingerprint density at radius 1 is 1.22 bits per heavy atom. The lowest BCUT2D eigenvalue weighted by Gasteiger charge is -2.31. The maximum absolute atomic E-state index is 12.8. The zero-order chi connectivity index (χ0) is 18.9. The fourth-order valence-corrected chi connectivity index (χ4v) is 5.39. The molecule has 0 spiro atoms. The standard InChI is InChI=1S/C18H22N6O2S/c19-11-14-2-1-3-15(10-14)13-27(25,26)23-7-4-16(5-8-23)18-22-21-17-12-20-6-9-24(17)18/h1-3,10,16,20H,4-9,12-13H2. The molecule has 0 atom stereocenters. The molecule has 0 radical (unpaired) electrons. The van der Waals surface area contributed by atoms with Crippen molar-refractivity contribution in [3.63, 3.8) is 0 Å². The number of piperidine rings is 1. The van der Waals surface area contributed by atoms with Gasteiger partial charge in [0.1, 0.15) is 11.6 Å². The van der Waals surface area contributed by atoms with E-state index in [9.17, 15) is 8.42 Å². The van der Waals surface area contributed by atoms with E-state index in [1.807, 2.05) is 0 Å². The predicted molar refractivity (Wildman–Crippen MR) is 99.1 cm³/mol. The van der Waals surface area contributed by atoms with Crippen molar-refractivity contribution < 1.29 is 8.42 Å². The van der Waals surface area contributed by atoms with Crippen LogP contribution in [0.4, 0.5) is 0 Å². The van der Waals surface area contributed by atoms with Crippen molar-refractivity contribution in [2.24, 2.45) is 0 Å². The van der Waals surface area contributed by atoms with Gasteiger partial charge in [0.25, 0.3) is 0 Å². The van der Waals surface area contributed by atoms with Crippen molar-refractivity contribution in [2.45, 2.75) is 37.6 Å². The number of hydrogen-bond acceptors (Lipinski definition) is 6. The van der Waals surface area contributed by atoms with E-state index in [0.29, 0.717) is 24.2 Å². The third-order valence-corrected chi connectivity index (χ3v) is 7.12. The highest BCUT2D eigenvalue weighted by Crippen LogP contribution is 2.29. The summed E-state index contributed by atoms with van der Waals surface area (Å²) in [5.41, 5.74) is 1.13. The lowest BCUT2D eigenvalue weighted by Crippen LogP contribution is -2.39. The van der Waals surface area contributed by atoms with Gasteiger partial charge < -0.3 is 9.88 Å². The Balaban J connectivity index is 1.42. The minimum Gasteiger partial charge on any atom is -0.312 e. The minimum absolute atomic E-state index is 0.0703. The van der Waals surface area contributed by atoms with Crippen LogP contribution in [0.2, 0.25) is 0 Å². The Kier molecular flexibility index (Phi) is 4.95. The van der Waals surface area contributed by atoms with Gasteiger partial charge >= 0.3 is 0 Å². The van der Waals surface area contributed by atoms with Gasteiger partial charge in [-0.25, -0.2) is 12.7 Å². The molecule has 2 aliphatic heterocycles. The van der Waals surface area contributed by atoms with Crippen molar-refractivity contribution in [3.8, 4) is 6.07 Å². The van der Waals surface area contributed by atoms with Crippen LogP contribution in [-0.2, 0) is 28.9 Å². The predicted octanol–water partition coefficient (Wildman–Crippen LogP) is 0.962. The summed E-state index contributed by atoms with van der Waals surface area (Å²) >= 11 is 0. The summed E-state index contributed by atoms with van der Waals surface area (Å²) in [6.07, 6.45) is 1.51. The van der Waals surface area contributed by atoms with Crippen molar-refractivity contribution in [1.82, 2.24) is 24.4 Å². The van der Waals surface area contributed by atoms with Crippen LogP contribution < -0.4 is 5.32 Å². The Bertz CT molecular complexity index is 970. The summed E-state index contributed by atoms with van der Waals surface area (Å²) in [6.45, 7) is 3.50. The van der Waals surface area contributed by atoms with Gasteiger partial charge in [0, 0.05) is 32.1 Å². The summed E-state index contributed by atoms with van der Waals surface area (Å²) in [5, 5.41) is 20.9. The van der Waals surface area contributed by atoms with Crippen molar-refractivity contribution in [3.05, 3.63) is 47.0 Å². The molecule has 3 heterocycles. The molecule has 2 aliphatic rings. The molecule has 27 heavy (non-hydrogen) atoms. The first kappa shape index (κ1) is 18.1. The number of nitrogens with zero attached hydrogens (tertiary/aromatic N) is 5. The Morgan fingerprint density at radius 3 is 2.81 bits per heavy atom. The monoisotopic (exact) mass is 386 g/mol. The van der Waals surface area contributed by atoms with Gasteiger partial charge in [0.2, 0.25) is 10.0 Å². The summed E-state index contributed by atoms with van der Waals surface area (Å²) in [4.78, 5) is 0. The van der Waals surface area contributed by atoms with Crippen molar-refractivity contribution in [2.75, 3.05) is 19.6 Å². The lowest BCUT2D eigenvalue weighted by molar-refractivity contribution is 0.306. The molecular weight excluding hydrogens is 364 g/mol. The molecule has 0 saturated carbocycles. The van der Waals surface area contributed by atoms with Gasteiger partial charge in [-0.15, -0.1) is 10.2 Å². The van der Waals surface area contributed by atoms with Gasteiger partial charge in [-0.1, -0.05) is 12.1 Å². The summed E-state index contributed by atoms with van der Waals surface area (Å²) in [6, 6.07) is 8.84. The molecule has 142 valence electrons. The van der Waals surface area contributed by atoms with Crippen LogP contribution >= 0.6 is 0 Å². The first-order valence-electron chi connectivity index (χ1n) is 9.16. The van der Waals surface area contributed by atoms with Crippen LogP contribution in [-0.4, -0.2) is 47.1 Å². The van der Waals surface area contributed by atoms with E-state index < -0.39 is 10.0 Å². The van der Waals surface area contributed by atoms with Crippen LogP contribution in [0, 0.1) is 11.3 Å². The van der Waals surface area contributed by atoms with E-state index >= 15 is 0 Å². The molecule has 0 unspecified atom stereocenters. The third kappa shape index (κ3) is 3.74. The van der Waals surface area contributed by atoms with E-state index in [0.717, 1.165) is 44.1 Å². The van der Waals surface area contributed by atoms with E-state index in [1.165, 1.54) is 0 Å². The molecule has 9 heteroatoms. The second-order valence-electron chi connectivity index (χ2n) is 7.04. The molecule has 1 N–H and O–H groups in total. The van der Waals surface area contributed by atoms with Gasteiger partial charge in [0.15, 0.2) is 0 Å². The second kappa shape index (κ2) is 7.38. The Hall–Kier alpha value is -2.28. The molecular formula is C18H22N6O2S. The number of rotatable bonds is 4. The van der Waals surface area contributed by atoms with Crippen LogP contribution in [0.5, 0.6) is 0 Å². The topological polar surface area (TPSA) is 104 Å². The fourth-order valence-electron chi connectivity index (χ4n) is 3.84. The number of benzene rings is 1.